The van der Waals surface area contributed by atoms with Crippen LogP contribution in [-0.2, 0) is 4.79 Å². The second-order valence-corrected chi connectivity index (χ2v) is 8.30. The van der Waals surface area contributed by atoms with Crippen LogP contribution in [0.25, 0.3) is 11.3 Å². The van der Waals surface area contributed by atoms with Gasteiger partial charge in [-0.05, 0) is 42.3 Å². The highest BCUT2D eigenvalue weighted by molar-refractivity contribution is 7.99. The standard InChI is InChI=1S/C23H22N4O2S/c1-5-12-30-23-24-21(29)20-17-8-6-7-9-19(17)26(16(4)28)22(27(20)25-23)18-13-14(2)10-11-15(18)3/h5-11,13,22H,1,12H2,2-4H3/p+1. The predicted octanol–water partition coefficient (Wildman–Crippen LogP) is 3.53. The van der Waals surface area contributed by atoms with Crippen molar-refractivity contribution in [1.82, 2.24) is 10.1 Å². The number of amides is 1. The van der Waals surface area contributed by atoms with E-state index < -0.39 is 6.17 Å². The zero-order valence-electron chi connectivity index (χ0n) is 17.2. The Hall–Kier alpha value is -3.19. The van der Waals surface area contributed by atoms with E-state index in [0.717, 1.165) is 16.7 Å². The summed E-state index contributed by atoms with van der Waals surface area (Å²) in [6, 6.07) is 13.6. The molecule has 1 aliphatic rings. The molecule has 1 aromatic heterocycles. The minimum absolute atomic E-state index is 0.117. The topological polar surface area (TPSA) is 69.9 Å². The lowest BCUT2D eigenvalue weighted by molar-refractivity contribution is -0.763. The average molecular weight is 420 g/mol. The van der Waals surface area contributed by atoms with Crippen molar-refractivity contribution in [2.75, 3.05) is 10.7 Å². The van der Waals surface area contributed by atoms with Crippen molar-refractivity contribution in [1.29, 1.82) is 0 Å². The van der Waals surface area contributed by atoms with Crippen LogP contribution in [0.5, 0.6) is 0 Å². The van der Waals surface area contributed by atoms with Crippen molar-refractivity contribution in [2.24, 2.45) is 0 Å². The van der Waals surface area contributed by atoms with E-state index in [2.05, 4.69) is 17.6 Å². The van der Waals surface area contributed by atoms with Crippen LogP contribution in [0.4, 0.5) is 5.69 Å². The first-order chi connectivity index (χ1) is 14.4. The molecule has 1 aliphatic heterocycles. The van der Waals surface area contributed by atoms with E-state index in [0.29, 0.717) is 27.9 Å². The van der Waals surface area contributed by atoms with Gasteiger partial charge < -0.3 is 0 Å². The lowest BCUT2D eigenvalue weighted by Crippen LogP contribution is -2.60. The number of anilines is 1. The first kappa shape index (κ1) is 20.1. The van der Waals surface area contributed by atoms with Crippen LogP contribution in [0.2, 0.25) is 0 Å². The van der Waals surface area contributed by atoms with Gasteiger partial charge in [0.2, 0.25) is 11.1 Å². The molecule has 2 heterocycles. The Balaban J connectivity index is 2.07. The van der Waals surface area contributed by atoms with Crippen LogP contribution < -0.4 is 15.1 Å². The van der Waals surface area contributed by atoms with E-state index in [1.807, 2.05) is 50.2 Å². The summed E-state index contributed by atoms with van der Waals surface area (Å²) in [7, 11) is 0. The van der Waals surface area contributed by atoms with E-state index in [4.69, 9.17) is 5.10 Å². The van der Waals surface area contributed by atoms with Gasteiger partial charge in [0.1, 0.15) is 0 Å². The van der Waals surface area contributed by atoms with Crippen molar-refractivity contribution in [2.45, 2.75) is 32.1 Å². The summed E-state index contributed by atoms with van der Waals surface area (Å²) in [4.78, 5) is 30.6. The molecule has 3 aromatic rings. The van der Waals surface area contributed by atoms with Crippen LogP contribution in [0.1, 0.15) is 29.8 Å². The van der Waals surface area contributed by atoms with Crippen molar-refractivity contribution in [3.63, 3.8) is 0 Å². The molecule has 30 heavy (non-hydrogen) atoms. The Labute approximate surface area is 179 Å². The van der Waals surface area contributed by atoms with Gasteiger partial charge in [-0.2, -0.15) is 0 Å². The number of nitrogens with one attached hydrogen (secondary N) is 1. The Morgan fingerprint density at radius 2 is 2.07 bits per heavy atom. The third-order valence-electron chi connectivity index (χ3n) is 5.15. The molecule has 6 nitrogen and oxygen atoms in total. The van der Waals surface area contributed by atoms with Gasteiger partial charge in [-0.3, -0.25) is 14.6 Å². The Morgan fingerprint density at radius 1 is 1.30 bits per heavy atom. The molecule has 0 saturated heterocycles. The Bertz CT molecular complexity index is 1220. The number of aromatic amines is 1. The number of aromatic nitrogens is 3. The fourth-order valence-corrected chi connectivity index (χ4v) is 4.42. The molecule has 152 valence electrons. The van der Waals surface area contributed by atoms with Crippen molar-refractivity contribution in [3.8, 4) is 11.3 Å². The average Bonchev–Trinajstić information content (AvgIpc) is 2.72. The maximum atomic E-state index is 13.2. The van der Waals surface area contributed by atoms with Gasteiger partial charge in [0, 0.05) is 23.3 Å². The number of nitrogens with zero attached hydrogens (tertiary/aromatic N) is 3. The second kappa shape index (κ2) is 7.91. The maximum Gasteiger partial charge on any atom is 0.325 e. The number of rotatable bonds is 4. The van der Waals surface area contributed by atoms with Gasteiger partial charge in [-0.15, -0.1) is 6.58 Å². The molecule has 0 radical (unpaired) electrons. The molecule has 0 aliphatic carbocycles. The molecule has 1 unspecified atom stereocenters. The van der Waals surface area contributed by atoms with Crippen molar-refractivity contribution < 1.29 is 9.48 Å². The van der Waals surface area contributed by atoms with Gasteiger partial charge in [-0.25, -0.2) is 4.90 Å². The molecular weight excluding hydrogens is 396 g/mol. The number of H-pyrrole nitrogens is 1. The zero-order chi connectivity index (χ0) is 21.4. The minimum atomic E-state index is -0.558. The molecular formula is C23H23N4O2S+. The van der Waals surface area contributed by atoms with Gasteiger partial charge in [-0.1, -0.05) is 47.7 Å². The fourth-order valence-electron chi connectivity index (χ4n) is 3.83. The maximum absolute atomic E-state index is 13.2. The normalized spacial score (nSPS) is 14.8. The summed E-state index contributed by atoms with van der Waals surface area (Å²) < 4.78 is 1.69. The molecule has 2 aromatic carbocycles. The molecule has 7 heteroatoms. The van der Waals surface area contributed by atoms with E-state index in [9.17, 15) is 9.59 Å². The number of fused-ring (bicyclic) bond motifs is 3. The fraction of sp³-hybridized carbons (Fsp3) is 0.217. The number of hydrogen-bond donors (Lipinski definition) is 1. The van der Waals surface area contributed by atoms with Crippen LogP contribution >= 0.6 is 11.8 Å². The molecule has 1 atom stereocenters. The highest BCUT2D eigenvalue weighted by Crippen LogP contribution is 2.38. The molecule has 0 bridgehead atoms. The number of para-hydroxylation sites is 1. The van der Waals surface area contributed by atoms with Gasteiger partial charge in [0.05, 0.1) is 11.3 Å². The number of carbonyl (C=O) groups is 1. The predicted molar refractivity (Wildman–Crippen MR) is 119 cm³/mol. The summed E-state index contributed by atoms with van der Waals surface area (Å²) in [6.45, 7) is 9.30. The first-order valence-electron chi connectivity index (χ1n) is 9.68. The summed E-state index contributed by atoms with van der Waals surface area (Å²) >= 11 is 1.39. The molecule has 4 rings (SSSR count). The van der Waals surface area contributed by atoms with Gasteiger partial charge >= 0.3 is 11.3 Å². The number of carbonyl (C=O) groups excluding carboxylic acids is 1. The Kier molecular flexibility index (Phi) is 5.30. The Morgan fingerprint density at radius 3 is 2.80 bits per heavy atom. The van der Waals surface area contributed by atoms with E-state index in [-0.39, 0.29) is 11.5 Å². The lowest BCUT2D eigenvalue weighted by Gasteiger charge is -2.32. The monoisotopic (exact) mass is 419 g/mol. The van der Waals surface area contributed by atoms with Gasteiger partial charge in [0.25, 0.3) is 6.17 Å². The minimum Gasteiger partial charge on any atom is -0.291 e. The van der Waals surface area contributed by atoms with E-state index >= 15 is 0 Å². The summed E-state index contributed by atoms with van der Waals surface area (Å²) in [5.74, 6) is 0.498. The van der Waals surface area contributed by atoms with E-state index in [1.54, 1.807) is 22.6 Å². The van der Waals surface area contributed by atoms with Crippen molar-refractivity contribution in [3.05, 3.63) is 82.2 Å². The third kappa shape index (κ3) is 3.35. The molecule has 0 spiro atoms. The highest BCUT2D eigenvalue weighted by Gasteiger charge is 2.45. The molecule has 1 amide bonds. The number of thioether (sulfide) groups is 1. The van der Waals surface area contributed by atoms with Gasteiger partial charge in [0.15, 0.2) is 0 Å². The molecule has 0 saturated carbocycles. The molecule has 0 fully saturated rings. The van der Waals surface area contributed by atoms with Crippen LogP contribution in [-0.4, -0.2) is 21.7 Å². The van der Waals surface area contributed by atoms with E-state index in [1.165, 1.54) is 11.8 Å². The number of benzene rings is 2. The molecule has 1 N–H and O–H groups in total. The quantitative estimate of drug-likeness (QED) is 0.399. The lowest BCUT2D eigenvalue weighted by atomic mass is 9.97. The smallest absolute Gasteiger partial charge is 0.291 e. The van der Waals surface area contributed by atoms with Crippen LogP contribution in [0.15, 0.2) is 65.1 Å². The summed E-state index contributed by atoms with van der Waals surface area (Å²) in [5.41, 5.74) is 4.63. The largest absolute Gasteiger partial charge is 0.325 e. The third-order valence-corrected chi connectivity index (χ3v) is 6.01. The van der Waals surface area contributed by atoms with Crippen LogP contribution in [0.3, 0.4) is 0 Å². The second-order valence-electron chi connectivity index (χ2n) is 7.29. The zero-order valence-corrected chi connectivity index (χ0v) is 18.0. The SMILES string of the molecule is C=CCSc1n[n+]2c(c(=O)[nH]1)-c1ccccc1N(C(C)=O)C2c1cc(C)ccc1C. The van der Waals surface area contributed by atoms with Crippen molar-refractivity contribution >= 4 is 23.4 Å². The first-order valence-corrected chi connectivity index (χ1v) is 10.7. The number of hydrogen-bond acceptors (Lipinski definition) is 4. The number of aryl methyl sites for hydroxylation is 2. The summed E-state index contributed by atoms with van der Waals surface area (Å²) in [6.07, 6.45) is 1.20. The van der Waals surface area contributed by atoms with Crippen LogP contribution in [0, 0.1) is 13.8 Å². The highest BCUT2D eigenvalue weighted by atomic mass is 32.2. The summed E-state index contributed by atoms with van der Waals surface area (Å²) in [5, 5.41) is 5.24.